The number of aliphatic hydroxyl groups excluding tert-OH is 1. The van der Waals surface area contributed by atoms with Crippen molar-refractivity contribution in [2.75, 3.05) is 0 Å². The molecule has 0 aliphatic carbocycles. The third-order valence-corrected chi connectivity index (χ3v) is 3.35. The van der Waals surface area contributed by atoms with Crippen LogP contribution in [0.2, 0.25) is 0 Å². The molecular formula is C18H30O4. The molecule has 0 fully saturated rings. The van der Waals surface area contributed by atoms with Gasteiger partial charge in [0.1, 0.15) is 0 Å². The highest BCUT2D eigenvalue weighted by Crippen LogP contribution is 2.09. The Morgan fingerprint density at radius 2 is 1.68 bits per heavy atom. The van der Waals surface area contributed by atoms with E-state index < -0.39 is 12.1 Å². The van der Waals surface area contributed by atoms with Crippen LogP contribution >= 0.6 is 0 Å². The number of aliphatic carboxylic acids is 1. The molecule has 0 aliphatic rings. The zero-order valence-electron chi connectivity index (χ0n) is 13.7. The van der Waals surface area contributed by atoms with E-state index in [9.17, 15) is 14.7 Å². The minimum Gasteiger partial charge on any atom is -0.481 e. The van der Waals surface area contributed by atoms with Gasteiger partial charge in [0.25, 0.3) is 0 Å². The Labute approximate surface area is 133 Å². The molecule has 4 heteroatoms. The van der Waals surface area contributed by atoms with Crippen LogP contribution in [0.15, 0.2) is 24.3 Å². The number of rotatable bonds is 14. The van der Waals surface area contributed by atoms with Gasteiger partial charge in [0.15, 0.2) is 5.78 Å². The summed E-state index contributed by atoms with van der Waals surface area (Å²) >= 11 is 0. The van der Waals surface area contributed by atoms with E-state index in [1.54, 1.807) is 6.08 Å². The van der Waals surface area contributed by atoms with Gasteiger partial charge in [0.2, 0.25) is 0 Å². The SMILES string of the molecule is CCC=CCCC(=O)C=CC(O)CCCCCCCC(=O)O. The van der Waals surface area contributed by atoms with E-state index >= 15 is 0 Å². The van der Waals surface area contributed by atoms with Crippen molar-refractivity contribution in [3.63, 3.8) is 0 Å². The Hall–Kier alpha value is -1.42. The average molecular weight is 310 g/mol. The first-order chi connectivity index (χ1) is 10.6. The van der Waals surface area contributed by atoms with Gasteiger partial charge in [-0.05, 0) is 31.8 Å². The number of carboxylic acid groups (broad SMARTS) is 1. The monoisotopic (exact) mass is 310 g/mol. The van der Waals surface area contributed by atoms with Gasteiger partial charge in [-0.1, -0.05) is 50.8 Å². The minimum absolute atomic E-state index is 0.0495. The zero-order valence-corrected chi connectivity index (χ0v) is 13.7. The fourth-order valence-electron chi connectivity index (χ4n) is 2.07. The van der Waals surface area contributed by atoms with Crippen LogP contribution in [-0.4, -0.2) is 28.1 Å². The second-order valence-electron chi connectivity index (χ2n) is 5.51. The highest BCUT2D eigenvalue weighted by atomic mass is 16.4. The van der Waals surface area contributed by atoms with Gasteiger partial charge < -0.3 is 10.2 Å². The Morgan fingerprint density at radius 1 is 1.00 bits per heavy atom. The van der Waals surface area contributed by atoms with Crippen molar-refractivity contribution in [2.45, 2.75) is 77.2 Å². The van der Waals surface area contributed by atoms with Gasteiger partial charge in [-0.3, -0.25) is 9.59 Å². The topological polar surface area (TPSA) is 74.6 Å². The zero-order chi connectivity index (χ0) is 16.6. The molecule has 0 aromatic heterocycles. The summed E-state index contributed by atoms with van der Waals surface area (Å²) in [6, 6.07) is 0. The number of aliphatic hydroxyl groups is 1. The normalized spacial score (nSPS) is 13.0. The first-order valence-corrected chi connectivity index (χ1v) is 8.32. The second-order valence-corrected chi connectivity index (χ2v) is 5.51. The number of carbonyl (C=O) groups is 2. The molecule has 0 saturated carbocycles. The van der Waals surface area contributed by atoms with Gasteiger partial charge in [0.05, 0.1) is 6.10 Å². The lowest BCUT2D eigenvalue weighted by atomic mass is 10.1. The van der Waals surface area contributed by atoms with Crippen molar-refractivity contribution in [3.05, 3.63) is 24.3 Å². The fraction of sp³-hybridized carbons (Fsp3) is 0.667. The maximum absolute atomic E-state index is 11.5. The number of hydrogen-bond donors (Lipinski definition) is 2. The van der Waals surface area contributed by atoms with Gasteiger partial charge >= 0.3 is 5.97 Å². The van der Waals surface area contributed by atoms with Crippen LogP contribution < -0.4 is 0 Å². The second kappa shape index (κ2) is 14.5. The Morgan fingerprint density at radius 3 is 2.36 bits per heavy atom. The first kappa shape index (κ1) is 20.6. The molecule has 0 aromatic rings. The molecule has 1 atom stereocenters. The number of hydrogen-bond acceptors (Lipinski definition) is 3. The lowest BCUT2D eigenvalue weighted by Gasteiger charge is -2.05. The van der Waals surface area contributed by atoms with Gasteiger partial charge in [-0.2, -0.15) is 0 Å². The Bertz CT molecular complexity index is 358. The molecule has 0 aliphatic heterocycles. The number of allylic oxidation sites excluding steroid dienone is 3. The standard InChI is InChI=1S/C18H30O4/c1-2-3-4-8-11-16(19)14-15-17(20)12-9-6-5-7-10-13-18(21)22/h3-4,14-15,17,20H,2,5-13H2,1H3,(H,21,22). The van der Waals surface area contributed by atoms with Crippen LogP contribution in [0.4, 0.5) is 0 Å². The molecular weight excluding hydrogens is 280 g/mol. The van der Waals surface area contributed by atoms with Crippen molar-refractivity contribution >= 4 is 11.8 Å². The van der Waals surface area contributed by atoms with Crippen LogP contribution in [0.5, 0.6) is 0 Å². The minimum atomic E-state index is -0.740. The first-order valence-electron chi connectivity index (χ1n) is 8.32. The molecule has 0 aromatic carbocycles. The summed E-state index contributed by atoms with van der Waals surface area (Å²) in [5, 5.41) is 18.3. The third kappa shape index (κ3) is 15.0. The highest BCUT2D eigenvalue weighted by molar-refractivity contribution is 5.89. The molecule has 0 rings (SSSR count). The lowest BCUT2D eigenvalue weighted by molar-refractivity contribution is -0.137. The molecule has 0 spiro atoms. The molecule has 4 nitrogen and oxygen atoms in total. The highest BCUT2D eigenvalue weighted by Gasteiger charge is 2.02. The maximum Gasteiger partial charge on any atom is 0.303 e. The summed E-state index contributed by atoms with van der Waals surface area (Å²) in [7, 11) is 0. The predicted molar refractivity (Wildman–Crippen MR) is 88.8 cm³/mol. The number of unbranched alkanes of at least 4 members (excludes halogenated alkanes) is 4. The van der Waals surface area contributed by atoms with E-state index in [1.165, 1.54) is 6.08 Å². The van der Waals surface area contributed by atoms with Crippen LogP contribution in [0.25, 0.3) is 0 Å². The van der Waals surface area contributed by atoms with E-state index in [2.05, 4.69) is 6.92 Å². The average Bonchev–Trinajstić information content (AvgIpc) is 2.48. The van der Waals surface area contributed by atoms with Crippen molar-refractivity contribution in [1.29, 1.82) is 0 Å². The van der Waals surface area contributed by atoms with Gasteiger partial charge in [-0.25, -0.2) is 0 Å². The summed E-state index contributed by atoms with van der Waals surface area (Å²) in [5.74, 6) is -0.691. The van der Waals surface area contributed by atoms with E-state index in [0.29, 0.717) is 12.8 Å². The predicted octanol–water partition coefficient (Wildman–Crippen LogP) is 4.03. The molecule has 2 N–H and O–H groups in total. The summed E-state index contributed by atoms with van der Waals surface area (Å²) in [4.78, 5) is 21.9. The largest absolute Gasteiger partial charge is 0.481 e. The quantitative estimate of drug-likeness (QED) is 0.288. The lowest BCUT2D eigenvalue weighted by Crippen LogP contribution is -2.03. The smallest absolute Gasteiger partial charge is 0.303 e. The Balaban J connectivity index is 3.57. The van der Waals surface area contributed by atoms with Crippen molar-refractivity contribution in [3.8, 4) is 0 Å². The molecule has 0 saturated heterocycles. The van der Waals surface area contributed by atoms with Crippen LogP contribution in [-0.2, 0) is 9.59 Å². The summed E-state index contributed by atoms with van der Waals surface area (Å²) in [6.07, 6.45) is 14.2. The summed E-state index contributed by atoms with van der Waals surface area (Å²) in [5.41, 5.74) is 0. The summed E-state index contributed by atoms with van der Waals surface area (Å²) < 4.78 is 0. The molecule has 22 heavy (non-hydrogen) atoms. The molecule has 0 bridgehead atoms. The van der Waals surface area contributed by atoms with E-state index in [4.69, 9.17) is 5.11 Å². The van der Waals surface area contributed by atoms with Gasteiger partial charge in [0, 0.05) is 12.8 Å². The van der Waals surface area contributed by atoms with Crippen LogP contribution in [0.3, 0.4) is 0 Å². The van der Waals surface area contributed by atoms with E-state index in [-0.39, 0.29) is 12.2 Å². The molecule has 0 heterocycles. The van der Waals surface area contributed by atoms with Crippen molar-refractivity contribution in [1.82, 2.24) is 0 Å². The van der Waals surface area contributed by atoms with E-state index in [0.717, 1.165) is 44.9 Å². The molecule has 0 radical (unpaired) electrons. The molecule has 126 valence electrons. The molecule has 0 amide bonds. The maximum atomic E-state index is 11.5. The van der Waals surface area contributed by atoms with Crippen LogP contribution in [0, 0.1) is 0 Å². The third-order valence-electron chi connectivity index (χ3n) is 3.35. The van der Waals surface area contributed by atoms with E-state index in [1.807, 2.05) is 12.2 Å². The van der Waals surface area contributed by atoms with Crippen molar-refractivity contribution in [2.24, 2.45) is 0 Å². The molecule has 1 unspecified atom stereocenters. The fourth-order valence-corrected chi connectivity index (χ4v) is 2.07. The Kier molecular flexibility index (Phi) is 13.6. The number of carboxylic acids is 1. The number of ketones is 1. The summed E-state index contributed by atoms with van der Waals surface area (Å²) in [6.45, 7) is 2.06. The van der Waals surface area contributed by atoms with Crippen LogP contribution in [0.1, 0.15) is 71.1 Å². The number of carbonyl (C=O) groups excluding carboxylic acids is 1. The van der Waals surface area contributed by atoms with Gasteiger partial charge in [-0.15, -0.1) is 0 Å². The van der Waals surface area contributed by atoms with Crippen molar-refractivity contribution < 1.29 is 19.8 Å².